The molecule has 10 heteroatoms. The average molecular weight is 536 g/mol. The fraction of sp³-hybridized carbons (Fsp3) is 0.462. The molecule has 0 radical (unpaired) electrons. The molecule has 3 rings (SSSR count). The number of sulfonamides is 1. The normalized spacial score (nSPS) is 14.8. The molecule has 1 aliphatic carbocycles. The van der Waals surface area contributed by atoms with Crippen LogP contribution in [0.3, 0.4) is 0 Å². The Balaban J connectivity index is 1.93. The first kappa shape index (κ1) is 27.8. The molecular weight excluding hydrogens is 502 g/mol. The molecule has 196 valence electrons. The van der Waals surface area contributed by atoms with E-state index in [1.807, 2.05) is 13.0 Å². The minimum Gasteiger partial charge on any atom is -0.495 e. The molecule has 1 atom stereocenters. The number of ether oxygens (including phenoxy) is 1. The first-order valence-corrected chi connectivity index (χ1v) is 14.2. The number of anilines is 1. The van der Waals surface area contributed by atoms with Gasteiger partial charge in [0.25, 0.3) is 0 Å². The molecule has 0 aromatic heterocycles. The van der Waals surface area contributed by atoms with Crippen molar-refractivity contribution in [2.24, 2.45) is 0 Å². The second kappa shape index (κ2) is 12.0. The number of aryl methyl sites for hydroxylation is 1. The molecule has 0 heterocycles. The molecule has 8 nitrogen and oxygen atoms in total. The van der Waals surface area contributed by atoms with Crippen molar-refractivity contribution < 1.29 is 22.7 Å². The lowest BCUT2D eigenvalue weighted by Gasteiger charge is -2.32. The highest BCUT2D eigenvalue weighted by atomic mass is 35.5. The fourth-order valence-electron chi connectivity index (χ4n) is 4.40. The summed E-state index contributed by atoms with van der Waals surface area (Å²) in [7, 11) is -2.41. The van der Waals surface area contributed by atoms with E-state index in [1.54, 1.807) is 43.3 Å². The summed E-state index contributed by atoms with van der Waals surface area (Å²) in [5, 5.41) is 3.55. The van der Waals surface area contributed by atoms with Crippen molar-refractivity contribution in [1.29, 1.82) is 0 Å². The highest BCUT2D eigenvalue weighted by Crippen LogP contribution is 2.31. The Bertz CT molecular complexity index is 1200. The van der Waals surface area contributed by atoms with Crippen molar-refractivity contribution >= 4 is 39.1 Å². The van der Waals surface area contributed by atoms with E-state index in [2.05, 4.69) is 5.32 Å². The maximum Gasteiger partial charge on any atom is 0.244 e. The van der Waals surface area contributed by atoms with Gasteiger partial charge in [0.1, 0.15) is 18.3 Å². The van der Waals surface area contributed by atoms with Crippen molar-refractivity contribution in [3.8, 4) is 5.75 Å². The quantitative estimate of drug-likeness (QED) is 0.498. The maximum atomic E-state index is 13.7. The molecule has 1 saturated carbocycles. The number of hydrogen-bond acceptors (Lipinski definition) is 5. The fourth-order valence-corrected chi connectivity index (χ4v) is 5.45. The van der Waals surface area contributed by atoms with Gasteiger partial charge in [0.15, 0.2) is 0 Å². The molecular formula is C26H34ClN3O5S. The number of hydrogen-bond donors (Lipinski definition) is 1. The molecule has 1 aliphatic rings. The number of amides is 2. The largest absolute Gasteiger partial charge is 0.495 e. The van der Waals surface area contributed by atoms with Gasteiger partial charge < -0.3 is 15.0 Å². The summed E-state index contributed by atoms with van der Waals surface area (Å²) in [4.78, 5) is 28.2. The average Bonchev–Trinajstić information content (AvgIpc) is 3.32. The molecule has 0 spiro atoms. The van der Waals surface area contributed by atoms with Crippen molar-refractivity contribution in [2.45, 2.75) is 58.2 Å². The standard InChI is InChI=1S/C26H34ClN3O5S/c1-18-12-13-24(35-3)23(14-18)30(36(4,33)34)17-25(31)29(16-20-8-7-9-21(27)15-20)19(2)26(32)28-22-10-5-6-11-22/h7-9,12-15,19,22H,5-6,10-11,16-17H2,1-4H3,(H,28,32)/t19-/m0/s1. The first-order chi connectivity index (χ1) is 17.0. The van der Waals surface area contributed by atoms with Crippen LogP contribution in [0.25, 0.3) is 0 Å². The Morgan fingerprint density at radius 1 is 1.17 bits per heavy atom. The Morgan fingerprint density at radius 3 is 2.47 bits per heavy atom. The SMILES string of the molecule is COc1ccc(C)cc1N(CC(=O)N(Cc1cccc(Cl)c1)[C@@H](C)C(=O)NC1CCCC1)S(C)(=O)=O. The van der Waals surface area contributed by atoms with Crippen LogP contribution in [0.5, 0.6) is 5.75 Å². The molecule has 1 fully saturated rings. The van der Waals surface area contributed by atoms with Gasteiger partial charge in [-0.1, -0.05) is 42.6 Å². The van der Waals surface area contributed by atoms with Gasteiger partial charge >= 0.3 is 0 Å². The molecule has 0 bridgehead atoms. The molecule has 36 heavy (non-hydrogen) atoms. The van der Waals surface area contributed by atoms with Crippen LogP contribution in [0.1, 0.15) is 43.7 Å². The number of rotatable bonds is 10. The van der Waals surface area contributed by atoms with E-state index in [4.69, 9.17) is 16.3 Å². The number of benzene rings is 2. The Kier molecular flexibility index (Phi) is 9.24. The van der Waals surface area contributed by atoms with Crippen molar-refractivity contribution in [3.63, 3.8) is 0 Å². The Hall–Kier alpha value is -2.78. The maximum absolute atomic E-state index is 13.7. The topological polar surface area (TPSA) is 96.0 Å². The van der Waals surface area contributed by atoms with E-state index < -0.39 is 28.5 Å². The second-order valence-electron chi connectivity index (χ2n) is 9.26. The van der Waals surface area contributed by atoms with Gasteiger partial charge in [-0.15, -0.1) is 0 Å². The van der Waals surface area contributed by atoms with Gasteiger partial charge in [0.2, 0.25) is 21.8 Å². The first-order valence-electron chi connectivity index (χ1n) is 12.0. The zero-order valence-electron chi connectivity index (χ0n) is 21.2. The predicted octanol–water partition coefficient (Wildman–Crippen LogP) is 3.90. The molecule has 1 N–H and O–H groups in total. The minimum atomic E-state index is -3.86. The van der Waals surface area contributed by atoms with E-state index in [1.165, 1.54) is 12.0 Å². The summed E-state index contributed by atoms with van der Waals surface area (Å²) < 4.78 is 32.0. The van der Waals surface area contributed by atoms with Gasteiger partial charge in [-0.3, -0.25) is 13.9 Å². The molecule has 0 aliphatic heterocycles. The van der Waals surface area contributed by atoms with Gasteiger partial charge in [-0.2, -0.15) is 0 Å². The lowest BCUT2D eigenvalue weighted by molar-refractivity contribution is -0.139. The second-order valence-corrected chi connectivity index (χ2v) is 11.6. The van der Waals surface area contributed by atoms with Crippen molar-refractivity contribution in [2.75, 3.05) is 24.2 Å². The number of halogens is 1. The lowest BCUT2D eigenvalue weighted by atomic mass is 10.1. The molecule has 2 aromatic rings. The molecule has 0 unspecified atom stereocenters. The van der Waals surface area contributed by atoms with E-state index >= 15 is 0 Å². The van der Waals surface area contributed by atoms with Crippen LogP contribution in [0.15, 0.2) is 42.5 Å². The van der Waals surface area contributed by atoms with Gasteiger partial charge in [0, 0.05) is 17.6 Å². The van der Waals surface area contributed by atoms with E-state index in [0.717, 1.165) is 47.4 Å². The van der Waals surface area contributed by atoms with E-state index in [0.29, 0.717) is 10.8 Å². The third-order valence-electron chi connectivity index (χ3n) is 6.39. The lowest BCUT2D eigenvalue weighted by Crippen LogP contribution is -2.52. The van der Waals surface area contributed by atoms with Gasteiger partial charge in [-0.05, 0) is 62.1 Å². The third kappa shape index (κ3) is 7.13. The number of nitrogens with one attached hydrogen (secondary N) is 1. The summed E-state index contributed by atoms with van der Waals surface area (Å²) in [6, 6.07) is 11.4. The summed E-state index contributed by atoms with van der Waals surface area (Å²) in [5.74, 6) is -0.457. The van der Waals surface area contributed by atoms with Crippen LogP contribution in [0, 0.1) is 6.92 Å². The summed E-state index contributed by atoms with van der Waals surface area (Å²) in [5.41, 5.74) is 1.81. The summed E-state index contributed by atoms with van der Waals surface area (Å²) in [6.45, 7) is 3.10. The minimum absolute atomic E-state index is 0.0899. The number of nitrogens with zero attached hydrogens (tertiary/aromatic N) is 2. The monoisotopic (exact) mass is 535 g/mol. The number of methoxy groups -OCH3 is 1. The highest BCUT2D eigenvalue weighted by Gasteiger charge is 2.32. The third-order valence-corrected chi connectivity index (χ3v) is 7.75. The Labute approximate surface area is 218 Å². The van der Waals surface area contributed by atoms with E-state index in [-0.39, 0.29) is 24.2 Å². The van der Waals surface area contributed by atoms with Crippen molar-refractivity contribution in [3.05, 3.63) is 58.6 Å². The van der Waals surface area contributed by atoms with Gasteiger partial charge in [-0.25, -0.2) is 8.42 Å². The van der Waals surface area contributed by atoms with Gasteiger partial charge in [0.05, 0.1) is 19.1 Å². The van der Waals surface area contributed by atoms with Crippen LogP contribution in [-0.2, 0) is 26.2 Å². The summed E-state index contributed by atoms with van der Waals surface area (Å²) in [6.07, 6.45) is 4.99. The van der Waals surface area contributed by atoms with Crippen LogP contribution < -0.4 is 14.4 Å². The number of carbonyl (C=O) groups is 2. The van der Waals surface area contributed by atoms with Crippen LogP contribution in [-0.4, -0.2) is 57.1 Å². The zero-order valence-corrected chi connectivity index (χ0v) is 22.7. The molecule has 2 amide bonds. The zero-order chi connectivity index (χ0) is 26.5. The molecule has 2 aromatic carbocycles. The van der Waals surface area contributed by atoms with Crippen LogP contribution >= 0.6 is 11.6 Å². The predicted molar refractivity (Wildman–Crippen MR) is 142 cm³/mol. The smallest absolute Gasteiger partial charge is 0.244 e. The van der Waals surface area contributed by atoms with Crippen molar-refractivity contribution in [1.82, 2.24) is 10.2 Å². The van der Waals surface area contributed by atoms with E-state index in [9.17, 15) is 18.0 Å². The Morgan fingerprint density at radius 2 is 1.86 bits per heavy atom. The summed E-state index contributed by atoms with van der Waals surface area (Å²) >= 11 is 6.15. The van der Waals surface area contributed by atoms with Crippen LogP contribution in [0.4, 0.5) is 5.69 Å². The highest BCUT2D eigenvalue weighted by molar-refractivity contribution is 7.92. The van der Waals surface area contributed by atoms with Crippen LogP contribution in [0.2, 0.25) is 5.02 Å². The number of carbonyl (C=O) groups excluding carboxylic acids is 2. The molecule has 0 saturated heterocycles.